The summed E-state index contributed by atoms with van der Waals surface area (Å²) in [5, 5.41) is 0. The standard InChI is InChI=1S/C22H31N3O2/c1-4-16-13-19(20-8-5-9-22(23)24-20)21(27-3)14-17(16)10-12-25-11-6-7-18(25)15-26-2/h5,8-9,13-14,18H,4,6-7,10-12,15H2,1-3H3,(H2,23,24). The summed E-state index contributed by atoms with van der Waals surface area (Å²) in [5.74, 6) is 1.38. The molecule has 1 aliphatic rings. The zero-order valence-electron chi connectivity index (χ0n) is 16.7. The van der Waals surface area contributed by atoms with Crippen molar-refractivity contribution in [3.8, 4) is 17.0 Å². The number of ether oxygens (including phenoxy) is 2. The lowest BCUT2D eigenvalue weighted by molar-refractivity contribution is 0.116. The summed E-state index contributed by atoms with van der Waals surface area (Å²) in [4.78, 5) is 7.03. The average Bonchev–Trinajstić information content (AvgIpc) is 3.13. The number of nitrogens with zero attached hydrogens (tertiary/aromatic N) is 2. The molecule has 1 aromatic carbocycles. The van der Waals surface area contributed by atoms with E-state index in [0.29, 0.717) is 11.9 Å². The summed E-state index contributed by atoms with van der Waals surface area (Å²) in [5.41, 5.74) is 10.4. The first-order valence-electron chi connectivity index (χ1n) is 9.82. The predicted molar refractivity (Wildman–Crippen MR) is 110 cm³/mol. The molecule has 1 unspecified atom stereocenters. The molecule has 0 saturated carbocycles. The van der Waals surface area contributed by atoms with Gasteiger partial charge in [-0.1, -0.05) is 13.0 Å². The van der Waals surface area contributed by atoms with Gasteiger partial charge in [0.15, 0.2) is 0 Å². The summed E-state index contributed by atoms with van der Waals surface area (Å²) in [6.07, 6.45) is 4.50. The molecule has 27 heavy (non-hydrogen) atoms. The highest BCUT2D eigenvalue weighted by Gasteiger charge is 2.24. The maximum atomic E-state index is 5.88. The smallest absolute Gasteiger partial charge is 0.128 e. The second kappa shape index (κ2) is 9.20. The summed E-state index contributed by atoms with van der Waals surface area (Å²) >= 11 is 0. The molecule has 1 aromatic heterocycles. The zero-order valence-corrected chi connectivity index (χ0v) is 16.7. The van der Waals surface area contributed by atoms with E-state index in [1.165, 1.54) is 24.0 Å². The Labute approximate surface area is 162 Å². The third kappa shape index (κ3) is 4.60. The highest BCUT2D eigenvalue weighted by atomic mass is 16.5. The molecule has 2 heterocycles. The van der Waals surface area contributed by atoms with Crippen molar-refractivity contribution < 1.29 is 9.47 Å². The molecular formula is C22H31N3O2. The normalized spacial score (nSPS) is 17.4. The van der Waals surface area contributed by atoms with Crippen molar-refractivity contribution in [2.24, 2.45) is 0 Å². The number of aromatic nitrogens is 1. The fourth-order valence-electron chi connectivity index (χ4n) is 4.03. The van der Waals surface area contributed by atoms with Crippen LogP contribution < -0.4 is 10.5 Å². The van der Waals surface area contributed by atoms with Crippen LogP contribution in [-0.2, 0) is 17.6 Å². The maximum absolute atomic E-state index is 5.88. The van der Waals surface area contributed by atoms with Gasteiger partial charge < -0.3 is 15.2 Å². The van der Waals surface area contributed by atoms with E-state index in [1.54, 1.807) is 20.3 Å². The topological polar surface area (TPSA) is 60.6 Å². The second-order valence-electron chi connectivity index (χ2n) is 7.16. The van der Waals surface area contributed by atoms with Gasteiger partial charge in [-0.3, -0.25) is 4.90 Å². The Balaban J connectivity index is 1.83. The van der Waals surface area contributed by atoms with Gasteiger partial charge in [0.05, 0.1) is 19.4 Å². The van der Waals surface area contributed by atoms with Crippen LogP contribution in [-0.4, -0.2) is 49.8 Å². The molecule has 146 valence electrons. The molecule has 3 rings (SSSR count). The average molecular weight is 370 g/mol. The Morgan fingerprint density at radius 2 is 2.07 bits per heavy atom. The number of anilines is 1. The first-order valence-corrected chi connectivity index (χ1v) is 9.82. The van der Waals surface area contributed by atoms with Gasteiger partial charge in [0.25, 0.3) is 0 Å². The number of hydrogen-bond acceptors (Lipinski definition) is 5. The van der Waals surface area contributed by atoms with Crippen LogP contribution >= 0.6 is 0 Å². The van der Waals surface area contributed by atoms with Crippen LogP contribution in [0.5, 0.6) is 5.75 Å². The fourth-order valence-corrected chi connectivity index (χ4v) is 4.03. The number of hydrogen-bond donors (Lipinski definition) is 1. The van der Waals surface area contributed by atoms with E-state index in [1.807, 2.05) is 12.1 Å². The van der Waals surface area contributed by atoms with Gasteiger partial charge in [0.1, 0.15) is 11.6 Å². The second-order valence-corrected chi connectivity index (χ2v) is 7.16. The number of likely N-dealkylation sites (tertiary alicyclic amines) is 1. The van der Waals surface area contributed by atoms with E-state index in [0.717, 1.165) is 49.5 Å². The van der Waals surface area contributed by atoms with E-state index in [2.05, 4.69) is 28.9 Å². The lowest BCUT2D eigenvalue weighted by atomic mass is 9.96. The monoisotopic (exact) mass is 369 g/mol. The lowest BCUT2D eigenvalue weighted by Gasteiger charge is -2.24. The molecule has 0 radical (unpaired) electrons. The zero-order chi connectivity index (χ0) is 19.2. The van der Waals surface area contributed by atoms with Crippen molar-refractivity contribution in [2.75, 3.05) is 39.6 Å². The van der Waals surface area contributed by atoms with Gasteiger partial charge >= 0.3 is 0 Å². The minimum atomic E-state index is 0.523. The summed E-state index contributed by atoms with van der Waals surface area (Å²) in [6.45, 7) is 5.24. The lowest BCUT2D eigenvalue weighted by Crippen LogP contribution is -2.34. The highest BCUT2D eigenvalue weighted by Crippen LogP contribution is 2.33. The molecular weight excluding hydrogens is 338 g/mol. The van der Waals surface area contributed by atoms with Crippen LogP contribution in [0.3, 0.4) is 0 Å². The van der Waals surface area contributed by atoms with E-state index >= 15 is 0 Å². The highest BCUT2D eigenvalue weighted by molar-refractivity contribution is 5.70. The number of methoxy groups -OCH3 is 2. The molecule has 0 amide bonds. The molecule has 1 atom stereocenters. The van der Waals surface area contributed by atoms with E-state index in [4.69, 9.17) is 15.2 Å². The SMILES string of the molecule is CCc1cc(-c2cccc(N)n2)c(OC)cc1CCN1CCCC1COC. The van der Waals surface area contributed by atoms with Gasteiger partial charge in [-0.05, 0) is 67.6 Å². The van der Waals surface area contributed by atoms with Crippen molar-refractivity contribution in [3.63, 3.8) is 0 Å². The molecule has 5 heteroatoms. The Morgan fingerprint density at radius 1 is 1.22 bits per heavy atom. The summed E-state index contributed by atoms with van der Waals surface area (Å²) in [7, 11) is 3.51. The minimum Gasteiger partial charge on any atom is -0.496 e. The first kappa shape index (κ1) is 19.6. The Kier molecular flexibility index (Phi) is 6.69. The first-order chi connectivity index (χ1) is 13.2. The van der Waals surface area contributed by atoms with Gasteiger partial charge in [0.2, 0.25) is 0 Å². The van der Waals surface area contributed by atoms with E-state index < -0.39 is 0 Å². The van der Waals surface area contributed by atoms with Crippen LogP contribution in [0.2, 0.25) is 0 Å². The third-order valence-electron chi connectivity index (χ3n) is 5.48. The minimum absolute atomic E-state index is 0.523. The van der Waals surface area contributed by atoms with Gasteiger partial charge in [-0.25, -0.2) is 4.98 Å². The van der Waals surface area contributed by atoms with Gasteiger partial charge in [-0.15, -0.1) is 0 Å². The van der Waals surface area contributed by atoms with Crippen LogP contribution in [0.4, 0.5) is 5.82 Å². The number of pyridine rings is 1. The van der Waals surface area contributed by atoms with Crippen molar-refractivity contribution in [3.05, 3.63) is 41.5 Å². The molecule has 5 nitrogen and oxygen atoms in total. The van der Waals surface area contributed by atoms with Crippen molar-refractivity contribution >= 4 is 5.82 Å². The quantitative estimate of drug-likeness (QED) is 0.771. The molecule has 1 fully saturated rings. The predicted octanol–water partition coefficient (Wildman–Crippen LogP) is 3.56. The summed E-state index contributed by atoms with van der Waals surface area (Å²) < 4.78 is 11.1. The molecule has 2 N–H and O–H groups in total. The van der Waals surface area contributed by atoms with Crippen molar-refractivity contribution in [1.29, 1.82) is 0 Å². The van der Waals surface area contributed by atoms with Crippen LogP contribution in [0.1, 0.15) is 30.9 Å². The fraction of sp³-hybridized carbons (Fsp3) is 0.500. The number of aryl methyl sites for hydroxylation is 1. The Hall–Kier alpha value is -2.11. The van der Waals surface area contributed by atoms with Crippen LogP contribution in [0, 0.1) is 0 Å². The number of rotatable bonds is 8. The Bertz CT molecular complexity index is 763. The number of nitrogen functional groups attached to an aromatic ring is 1. The maximum Gasteiger partial charge on any atom is 0.128 e. The van der Waals surface area contributed by atoms with Crippen LogP contribution in [0.15, 0.2) is 30.3 Å². The van der Waals surface area contributed by atoms with Gasteiger partial charge in [-0.2, -0.15) is 0 Å². The molecule has 2 aromatic rings. The number of benzene rings is 1. The summed E-state index contributed by atoms with van der Waals surface area (Å²) in [6, 6.07) is 10.7. The van der Waals surface area contributed by atoms with Gasteiger partial charge in [0, 0.05) is 25.3 Å². The molecule has 0 spiro atoms. The van der Waals surface area contributed by atoms with Crippen LogP contribution in [0.25, 0.3) is 11.3 Å². The molecule has 1 saturated heterocycles. The Morgan fingerprint density at radius 3 is 2.78 bits per heavy atom. The van der Waals surface area contributed by atoms with Crippen molar-refractivity contribution in [2.45, 2.75) is 38.6 Å². The van der Waals surface area contributed by atoms with Crippen molar-refractivity contribution in [1.82, 2.24) is 9.88 Å². The van der Waals surface area contributed by atoms with E-state index in [9.17, 15) is 0 Å². The van der Waals surface area contributed by atoms with E-state index in [-0.39, 0.29) is 0 Å². The number of nitrogens with two attached hydrogens (primary N) is 1. The molecule has 0 bridgehead atoms. The molecule has 1 aliphatic heterocycles. The molecule has 0 aliphatic carbocycles. The third-order valence-corrected chi connectivity index (χ3v) is 5.48. The largest absolute Gasteiger partial charge is 0.496 e.